The van der Waals surface area contributed by atoms with E-state index in [0.29, 0.717) is 17.4 Å². The lowest BCUT2D eigenvalue weighted by atomic mass is 10.2. The second kappa shape index (κ2) is 5.85. The summed E-state index contributed by atoms with van der Waals surface area (Å²) in [6, 6.07) is 3.51. The monoisotopic (exact) mass is 248 g/mol. The molecule has 1 amide bonds. The van der Waals surface area contributed by atoms with E-state index in [4.69, 9.17) is 4.74 Å². The predicted octanol–water partition coefficient (Wildman–Crippen LogP) is 2.35. The Morgan fingerprint density at radius 3 is 2.78 bits per heavy atom. The average Bonchev–Trinajstić information content (AvgIpc) is 3.21. The van der Waals surface area contributed by atoms with Crippen LogP contribution in [0.3, 0.4) is 0 Å². The van der Waals surface area contributed by atoms with Gasteiger partial charge in [-0.2, -0.15) is 0 Å². The van der Waals surface area contributed by atoms with Gasteiger partial charge in [-0.25, -0.2) is 4.98 Å². The Morgan fingerprint density at radius 1 is 1.50 bits per heavy atom. The van der Waals surface area contributed by atoms with E-state index < -0.39 is 0 Å². The molecule has 1 heterocycles. The minimum absolute atomic E-state index is 0.0823. The number of pyridine rings is 1. The summed E-state index contributed by atoms with van der Waals surface area (Å²) < 4.78 is 5.00. The van der Waals surface area contributed by atoms with E-state index in [1.165, 1.54) is 12.8 Å². The van der Waals surface area contributed by atoms with Gasteiger partial charge in [0.2, 0.25) is 5.88 Å². The predicted molar refractivity (Wildman–Crippen MR) is 69.7 cm³/mol. The highest BCUT2D eigenvalue weighted by Crippen LogP contribution is 2.30. The van der Waals surface area contributed by atoms with Crippen molar-refractivity contribution in [3.05, 3.63) is 23.9 Å². The molecule has 4 nitrogen and oxygen atoms in total. The largest absolute Gasteiger partial charge is 0.481 e. The molecule has 1 saturated carbocycles. The summed E-state index contributed by atoms with van der Waals surface area (Å²) in [6.07, 6.45) is 5.10. The van der Waals surface area contributed by atoms with Crippen molar-refractivity contribution in [1.29, 1.82) is 0 Å². The molecular formula is C14H20N2O2. The van der Waals surface area contributed by atoms with Gasteiger partial charge in [-0.15, -0.1) is 0 Å². The van der Waals surface area contributed by atoms with E-state index in [1.54, 1.807) is 25.4 Å². The third-order valence-corrected chi connectivity index (χ3v) is 3.15. The van der Waals surface area contributed by atoms with Crippen molar-refractivity contribution in [1.82, 2.24) is 9.88 Å². The van der Waals surface area contributed by atoms with Crippen molar-refractivity contribution in [2.75, 3.05) is 20.2 Å². The fraction of sp³-hybridized carbons (Fsp3) is 0.571. The second-order valence-electron chi connectivity index (χ2n) is 4.78. The highest BCUT2D eigenvalue weighted by molar-refractivity contribution is 5.94. The zero-order chi connectivity index (χ0) is 13.0. The Morgan fingerprint density at radius 2 is 2.28 bits per heavy atom. The number of rotatable bonds is 6. The van der Waals surface area contributed by atoms with Crippen LogP contribution in [0.25, 0.3) is 0 Å². The highest BCUT2D eigenvalue weighted by atomic mass is 16.5. The molecule has 98 valence electrons. The van der Waals surface area contributed by atoms with Crippen LogP contribution in [0.4, 0.5) is 0 Å². The Hall–Kier alpha value is -1.58. The molecule has 1 aliphatic carbocycles. The topological polar surface area (TPSA) is 42.4 Å². The first kappa shape index (κ1) is 12.9. The van der Waals surface area contributed by atoms with Crippen molar-refractivity contribution in [2.24, 2.45) is 5.92 Å². The first-order valence-corrected chi connectivity index (χ1v) is 6.54. The third kappa shape index (κ3) is 3.22. The second-order valence-corrected chi connectivity index (χ2v) is 4.78. The summed E-state index contributed by atoms with van der Waals surface area (Å²) >= 11 is 0. The number of ether oxygens (including phenoxy) is 1. The van der Waals surface area contributed by atoms with Crippen molar-refractivity contribution in [3.8, 4) is 5.88 Å². The first-order chi connectivity index (χ1) is 8.74. The van der Waals surface area contributed by atoms with Crippen molar-refractivity contribution in [3.63, 3.8) is 0 Å². The molecule has 0 saturated heterocycles. The summed E-state index contributed by atoms with van der Waals surface area (Å²) in [5, 5.41) is 0. The van der Waals surface area contributed by atoms with Gasteiger partial charge in [0.25, 0.3) is 5.91 Å². The molecule has 0 aliphatic heterocycles. The molecule has 4 heteroatoms. The molecule has 1 aromatic heterocycles. The molecule has 0 radical (unpaired) electrons. The van der Waals surface area contributed by atoms with Crippen molar-refractivity contribution < 1.29 is 9.53 Å². The summed E-state index contributed by atoms with van der Waals surface area (Å²) in [5.41, 5.74) is 0.643. The first-order valence-electron chi connectivity index (χ1n) is 6.54. The van der Waals surface area contributed by atoms with E-state index in [9.17, 15) is 4.79 Å². The highest BCUT2D eigenvalue weighted by Gasteiger charge is 2.26. The number of amides is 1. The maximum atomic E-state index is 12.3. The maximum absolute atomic E-state index is 12.3. The van der Waals surface area contributed by atoms with Crippen molar-refractivity contribution in [2.45, 2.75) is 26.2 Å². The van der Waals surface area contributed by atoms with Crippen LogP contribution in [-0.2, 0) is 0 Å². The van der Waals surface area contributed by atoms with E-state index in [0.717, 1.165) is 19.5 Å². The summed E-state index contributed by atoms with van der Waals surface area (Å²) in [5.74, 6) is 1.33. The van der Waals surface area contributed by atoms with E-state index in [2.05, 4.69) is 11.9 Å². The number of carbonyl (C=O) groups is 1. The van der Waals surface area contributed by atoms with E-state index >= 15 is 0 Å². The summed E-state index contributed by atoms with van der Waals surface area (Å²) in [4.78, 5) is 18.4. The van der Waals surface area contributed by atoms with Gasteiger partial charge in [-0.3, -0.25) is 4.79 Å². The lowest BCUT2D eigenvalue weighted by molar-refractivity contribution is 0.0747. The van der Waals surface area contributed by atoms with E-state index in [1.807, 2.05) is 4.90 Å². The smallest absolute Gasteiger partial charge is 0.255 e. The fourth-order valence-corrected chi connectivity index (χ4v) is 1.97. The molecule has 18 heavy (non-hydrogen) atoms. The summed E-state index contributed by atoms with van der Waals surface area (Å²) in [7, 11) is 1.57. The lowest BCUT2D eigenvalue weighted by Crippen LogP contribution is -2.33. The molecule has 0 atom stereocenters. The maximum Gasteiger partial charge on any atom is 0.255 e. The lowest BCUT2D eigenvalue weighted by Gasteiger charge is -2.22. The SMILES string of the molecule is CCCN(CC1CC1)C(=O)c1ccc(OC)nc1. The van der Waals surface area contributed by atoms with Gasteiger partial charge in [0.1, 0.15) is 0 Å². The molecule has 0 bridgehead atoms. The minimum atomic E-state index is 0.0823. The van der Waals surface area contributed by atoms with Crippen LogP contribution in [0.15, 0.2) is 18.3 Å². The Labute approximate surface area is 108 Å². The van der Waals surface area contributed by atoms with Gasteiger partial charge < -0.3 is 9.64 Å². The van der Waals surface area contributed by atoms with Crippen LogP contribution < -0.4 is 4.74 Å². The molecule has 1 aromatic rings. The Bertz CT molecular complexity index is 399. The molecule has 0 N–H and O–H groups in total. The van der Waals surface area contributed by atoms with Gasteiger partial charge in [-0.05, 0) is 31.2 Å². The number of aromatic nitrogens is 1. The molecular weight excluding hydrogens is 228 g/mol. The van der Waals surface area contributed by atoms with Gasteiger partial charge >= 0.3 is 0 Å². The van der Waals surface area contributed by atoms with Gasteiger partial charge in [0.05, 0.1) is 12.7 Å². The van der Waals surface area contributed by atoms with Gasteiger partial charge in [-0.1, -0.05) is 6.92 Å². The fourth-order valence-electron chi connectivity index (χ4n) is 1.97. The van der Waals surface area contributed by atoms with Crippen LogP contribution in [0.5, 0.6) is 5.88 Å². The quantitative estimate of drug-likeness (QED) is 0.776. The molecule has 1 fully saturated rings. The van der Waals surface area contributed by atoms with Crippen LogP contribution >= 0.6 is 0 Å². The number of hydrogen-bond acceptors (Lipinski definition) is 3. The molecule has 0 spiro atoms. The van der Waals surface area contributed by atoms with Gasteiger partial charge in [0.15, 0.2) is 0 Å². The van der Waals surface area contributed by atoms with Crippen LogP contribution in [-0.4, -0.2) is 36.0 Å². The molecule has 1 aliphatic rings. The van der Waals surface area contributed by atoms with Crippen LogP contribution in [0.1, 0.15) is 36.5 Å². The zero-order valence-electron chi connectivity index (χ0n) is 11.1. The number of carbonyl (C=O) groups excluding carboxylic acids is 1. The van der Waals surface area contributed by atoms with Crippen LogP contribution in [0.2, 0.25) is 0 Å². The summed E-state index contributed by atoms with van der Waals surface area (Å²) in [6.45, 7) is 3.81. The normalized spacial score (nSPS) is 14.3. The Balaban J connectivity index is 2.05. The third-order valence-electron chi connectivity index (χ3n) is 3.15. The number of hydrogen-bond donors (Lipinski definition) is 0. The number of methoxy groups -OCH3 is 1. The minimum Gasteiger partial charge on any atom is -0.481 e. The average molecular weight is 248 g/mol. The van der Waals surface area contributed by atoms with E-state index in [-0.39, 0.29) is 5.91 Å². The Kier molecular flexibility index (Phi) is 4.18. The standard InChI is InChI=1S/C14H20N2O2/c1-3-8-16(10-11-4-5-11)14(17)12-6-7-13(18-2)15-9-12/h6-7,9,11H,3-5,8,10H2,1-2H3. The van der Waals surface area contributed by atoms with Crippen LogP contribution in [0, 0.1) is 5.92 Å². The molecule has 0 aromatic carbocycles. The van der Waals surface area contributed by atoms with Gasteiger partial charge in [0, 0.05) is 25.4 Å². The molecule has 0 unspecified atom stereocenters. The van der Waals surface area contributed by atoms with Crippen molar-refractivity contribution >= 4 is 5.91 Å². The zero-order valence-corrected chi connectivity index (χ0v) is 11.1. The molecule has 2 rings (SSSR count). The number of nitrogens with zero attached hydrogens (tertiary/aromatic N) is 2.